The van der Waals surface area contributed by atoms with Crippen LogP contribution in [0, 0.1) is 6.92 Å². The molecule has 2 aromatic rings. The minimum Gasteiger partial charge on any atom is -0.353 e. The van der Waals surface area contributed by atoms with Gasteiger partial charge in [-0.3, -0.25) is 18.3 Å². The number of hydrogen-bond donors (Lipinski definition) is 0. The van der Waals surface area contributed by atoms with Gasteiger partial charge in [0.25, 0.3) is 5.56 Å². The number of aromatic nitrogens is 2. The fourth-order valence-corrected chi connectivity index (χ4v) is 5.97. The monoisotopic (exact) mass is 588 g/mol. The molecule has 0 radical (unpaired) electrons. The summed E-state index contributed by atoms with van der Waals surface area (Å²) in [6, 6.07) is 7.95. The molecular formula is C32H45FN2O7. The Hall–Kier alpha value is -2.37. The first-order valence-corrected chi connectivity index (χ1v) is 15.6. The van der Waals surface area contributed by atoms with Crippen LogP contribution in [0.2, 0.25) is 0 Å². The molecule has 1 aromatic heterocycles. The number of halogens is 1. The number of unbranched alkanes of at least 4 members (excludes halogenated alkanes) is 1. The molecule has 1 aromatic carbocycles. The van der Waals surface area contributed by atoms with E-state index in [1.165, 1.54) is 9.13 Å². The van der Waals surface area contributed by atoms with Crippen LogP contribution in [-0.4, -0.2) is 60.4 Å². The van der Waals surface area contributed by atoms with Crippen LogP contribution in [-0.2, 0) is 43.1 Å². The SMILES string of the molecule is Cc1cn([C@H]2C[C@H](OC3CCCCO3)[C@@H](COC3CCCCO3)O2)c(=O)n(CCCCc2ccc(CCF)cc2)c1=O. The number of nitrogens with zero attached hydrogens (tertiary/aromatic N) is 2. The lowest BCUT2D eigenvalue weighted by Gasteiger charge is -2.29. The van der Waals surface area contributed by atoms with E-state index in [0.29, 0.717) is 51.2 Å². The molecule has 0 spiro atoms. The number of alkyl halides is 1. The normalized spacial score (nSPS) is 26.5. The van der Waals surface area contributed by atoms with Crippen LogP contribution in [0.3, 0.4) is 0 Å². The Labute approximate surface area is 246 Å². The van der Waals surface area contributed by atoms with E-state index in [2.05, 4.69) is 0 Å². The first kappa shape index (κ1) is 31.1. The molecule has 9 nitrogen and oxygen atoms in total. The van der Waals surface area contributed by atoms with Gasteiger partial charge in [0, 0.05) is 44.4 Å². The van der Waals surface area contributed by atoms with Crippen molar-refractivity contribution in [3.63, 3.8) is 0 Å². The van der Waals surface area contributed by atoms with Gasteiger partial charge in [-0.1, -0.05) is 24.3 Å². The number of aryl methyl sites for hydroxylation is 3. The smallest absolute Gasteiger partial charge is 0.333 e. The van der Waals surface area contributed by atoms with Crippen LogP contribution in [0.15, 0.2) is 40.1 Å². The summed E-state index contributed by atoms with van der Waals surface area (Å²) in [5.74, 6) is 0. The highest BCUT2D eigenvalue weighted by Crippen LogP contribution is 2.33. The van der Waals surface area contributed by atoms with E-state index in [9.17, 15) is 14.0 Å². The highest BCUT2D eigenvalue weighted by atomic mass is 19.1. The van der Waals surface area contributed by atoms with Crippen molar-refractivity contribution in [2.45, 2.75) is 115 Å². The second-order valence-corrected chi connectivity index (χ2v) is 11.6. The molecule has 232 valence electrons. The van der Waals surface area contributed by atoms with Crippen LogP contribution in [0.25, 0.3) is 0 Å². The zero-order chi connectivity index (χ0) is 29.3. The predicted molar refractivity (Wildman–Crippen MR) is 155 cm³/mol. The van der Waals surface area contributed by atoms with E-state index in [-0.39, 0.29) is 36.6 Å². The summed E-state index contributed by atoms with van der Waals surface area (Å²) in [4.78, 5) is 26.6. The molecule has 5 atom stereocenters. The zero-order valence-corrected chi connectivity index (χ0v) is 24.7. The molecule has 3 aliphatic rings. The summed E-state index contributed by atoms with van der Waals surface area (Å²) in [6.07, 6.45) is 8.82. The number of ether oxygens (including phenoxy) is 5. The highest BCUT2D eigenvalue weighted by Gasteiger charge is 2.40. The van der Waals surface area contributed by atoms with Gasteiger partial charge in [-0.05, 0) is 75.8 Å². The fraction of sp³-hybridized carbons (Fsp3) is 0.688. The van der Waals surface area contributed by atoms with Crippen molar-refractivity contribution in [2.24, 2.45) is 0 Å². The van der Waals surface area contributed by atoms with Crippen LogP contribution in [0.5, 0.6) is 0 Å². The average molecular weight is 589 g/mol. The zero-order valence-electron chi connectivity index (χ0n) is 24.7. The minimum absolute atomic E-state index is 0.257. The fourth-order valence-electron chi connectivity index (χ4n) is 5.97. The maximum absolute atomic E-state index is 13.6. The molecule has 0 aliphatic carbocycles. The van der Waals surface area contributed by atoms with Crippen molar-refractivity contribution in [3.05, 3.63) is 68.0 Å². The third-order valence-electron chi connectivity index (χ3n) is 8.41. The molecule has 42 heavy (non-hydrogen) atoms. The molecular weight excluding hydrogens is 543 g/mol. The molecule has 5 rings (SSSR count). The Kier molecular flexibility index (Phi) is 11.4. The summed E-state index contributed by atoms with van der Waals surface area (Å²) >= 11 is 0. The second-order valence-electron chi connectivity index (χ2n) is 11.6. The number of benzene rings is 1. The molecule has 0 N–H and O–H groups in total. The number of hydrogen-bond acceptors (Lipinski definition) is 7. The molecule has 4 heterocycles. The van der Waals surface area contributed by atoms with Crippen molar-refractivity contribution in [2.75, 3.05) is 26.5 Å². The van der Waals surface area contributed by atoms with Crippen molar-refractivity contribution in [3.8, 4) is 0 Å². The van der Waals surface area contributed by atoms with E-state index in [1.807, 2.05) is 24.3 Å². The van der Waals surface area contributed by atoms with E-state index in [1.54, 1.807) is 13.1 Å². The van der Waals surface area contributed by atoms with E-state index in [4.69, 9.17) is 23.7 Å². The predicted octanol–water partition coefficient (Wildman–Crippen LogP) is 4.60. The van der Waals surface area contributed by atoms with Crippen molar-refractivity contribution in [1.82, 2.24) is 9.13 Å². The molecule has 2 unspecified atom stereocenters. The van der Waals surface area contributed by atoms with Gasteiger partial charge < -0.3 is 23.7 Å². The molecule has 3 fully saturated rings. The minimum atomic E-state index is -0.583. The molecule has 0 amide bonds. The molecule has 10 heteroatoms. The van der Waals surface area contributed by atoms with Crippen molar-refractivity contribution >= 4 is 0 Å². The Morgan fingerprint density at radius 1 is 0.929 bits per heavy atom. The van der Waals surface area contributed by atoms with Gasteiger partial charge in [-0.25, -0.2) is 4.79 Å². The van der Waals surface area contributed by atoms with Crippen LogP contribution in [0.4, 0.5) is 4.39 Å². The van der Waals surface area contributed by atoms with Crippen LogP contribution < -0.4 is 11.2 Å². The van der Waals surface area contributed by atoms with E-state index < -0.39 is 12.3 Å². The Morgan fingerprint density at radius 3 is 2.29 bits per heavy atom. The van der Waals surface area contributed by atoms with E-state index in [0.717, 1.165) is 62.5 Å². The second kappa shape index (κ2) is 15.4. The number of rotatable bonds is 13. The third kappa shape index (κ3) is 8.17. The van der Waals surface area contributed by atoms with Crippen LogP contribution >= 0.6 is 0 Å². The largest absolute Gasteiger partial charge is 0.353 e. The molecule has 0 bridgehead atoms. The summed E-state index contributed by atoms with van der Waals surface area (Å²) in [5, 5.41) is 0. The topological polar surface area (TPSA) is 90.2 Å². The van der Waals surface area contributed by atoms with Gasteiger partial charge in [0.15, 0.2) is 12.6 Å². The maximum atomic E-state index is 13.6. The molecule has 3 saturated heterocycles. The van der Waals surface area contributed by atoms with E-state index >= 15 is 0 Å². The first-order chi connectivity index (χ1) is 20.5. The Balaban J connectivity index is 1.24. The van der Waals surface area contributed by atoms with Gasteiger partial charge in [-0.15, -0.1) is 0 Å². The van der Waals surface area contributed by atoms with Gasteiger partial charge in [0.05, 0.1) is 19.4 Å². The summed E-state index contributed by atoms with van der Waals surface area (Å²) < 4.78 is 45.8. The van der Waals surface area contributed by atoms with Gasteiger partial charge in [0.2, 0.25) is 0 Å². The van der Waals surface area contributed by atoms with Crippen molar-refractivity contribution in [1.29, 1.82) is 0 Å². The Morgan fingerprint density at radius 2 is 1.62 bits per heavy atom. The standard InChI is InChI=1S/C32H45FN2O7/c1-23-21-35(32(37)34(31(23)36)17-5-2-8-24-11-13-25(14-12-24)15-16-33)28-20-26(42-30-10-4-7-19-39-30)27(41-28)22-40-29-9-3-6-18-38-29/h11-14,21,26-30H,2-10,15-20,22H2,1H3/t26-,27+,28+,29?,30?/m0/s1. The molecule has 0 saturated carbocycles. The average Bonchev–Trinajstić information content (AvgIpc) is 3.41. The lowest BCUT2D eigenvalue weighted by Crippen LogP contribution is -2.42. The maximum Gasteiger partial charge on any atom is 0.333 e. The quantitative estimate of drug-likeness (QED) is 0.316. The first-order valence-electron chi connectivity index (χ1n) is 15.6. The lowest BCUT2D eigenvalue weighted by atomic mass is 10.0. The summed E-state index contributed by atoms with van der Waals surface area (Å²) in [7, 11) is 0. The highest BCUT2D eigenvalue weighted by molar-refractivity contribution is 5.22. The van der Waals surface area contributed by atoms with Gasteiger partial charge in [-0.2, -0.15) is 0 Å². The summed E-state index contributed by atoms with van der Waals surface area (Å²) in [5.41, 5.74) is 1.98. The summed E-state index contributed by atoms with van der Waals surface area (Å²) in [6.45, 7) is 3.35. The van der Waals surface area contributed by atoms with Crippen molar-refractivity contribution < 1.29 is 28.1 Å². The van der Waals surface area contributed by atoms with Gasteiger partial charge >= 0.3 is 5.69 Å². The third-order valence-corrected chi connectivity index (χ3v) is 8.41. The van der Waals surface area contributed by atoms with Crippen LogP contribution in [0.1, 0.15) is 80.7 Å². The Bertz CT molecular complexity index is 1230. The van der Waals surface area contributed by atoms with Gasteiger partial charge in [0.1, 0.15) is 12.3 Å². The molecule has 3 aliphatic heterocycles. The lowest BCUT2D eigenvalue weighted by molar-refractivity contribution is -0.216.